The van der Waals surface area contributed by atoms with Gasteiger partial charge in [-0.05, 0) is 19.3 Å². The van der Waals surface area contributed by atoms with Crippen LogP contribution in [0.4, 0.5) is 0 Å². The van der Waals surface area contributed by atoms with E-state index < -0.39 is 0 Å². The van der Waals surface area contributed by atoms with Crippen molar-refractivity contribution >= 4 is 11.3 Å². The molecule has 0 saturated heterocycles. The minimum atomic E-state index is 0.231. The molecule has 1 aromatic rings. The van der Waals surface area contributed by atoms with E-state index in [1.54, 1.807) is 11.3 Å². The van der Waals surface area contributed by atoms with Gasteiger partial charge in [-0.1, -0.05) is 27.7 Å². The van der Waals surface area contributed by atoms with E-state index in [1.807, 2.05) is 6.20 Å². The lowest BCUT2D eigenvalue weighted by Gasteiger charge is -2.52. The highest BCUT2D eigenvalue weighted by atomic mass is 32.1. The van der Waals surface area contributed by atoms with E-state index in [2.05, 4.69) is 44.9 Å². The summed E-state index contributed by atoms with van der Waals surface area (Å²) >= 11 is 1.77. The molecule has 19 heavy (non-hydrogen) atoms. The number of rotatable bonds is 6. The Kier molecular flexibility index (Phi) is 4.64. The maximum Gasteiger partial charge on any atom is 0.0897 e. The van der Waals surface area contributed by atoms with Crippen LogP contribution < -0.4 is 5.32 Å². The Bertz CT molecular complexity index is 414. The molecule has 2 unspecified atom stereocenters. The molecule has 0 aromatic carbocycles. The molecule has 0 radical (unpaired) electrons. The number of hydrogen-bond donors (Lipinski definition) is 1. The lowest BCUT2D eigenvalue weighted by Crippen LogP contribution is -2.60. The van der Waals surface area contributed by atoms with E-state index in [4.69, 9.17) is 4.74 Å². The molecule has 1 fully saturated rings. The summed E-state index contributed by atoms with van der Waals surface area (Å²) in [5.41, 5.74) is 0.231. The second kappa shape index (κ2) is 5.90. The maximum atomic E-state index is 5.99. The quantitative estimate of drug-likeness (QED) is 0.868. The molecule has 1 aliphatic rings. The fraction of sp³-hybridized carbons (Fsp3) is 0.800. The normalized spacial score (nSPS) is 25.6. The van der Waals surface area contributed by atoms with Crippen molar-refractivity contribution in [1.29, 1.82) is 0 Å². The van der Waals surface area contributed by atoms with E-state index >= 15 is 0 Å². The van der Waals surface area contributed by atoms with Gasteiger partial charge in [0.2, 0.25) is 0 Å². The van der Waals surface area contributed by atoms with Gasteiger partial charge in [-0.2, -0.15) is 0 Å². The molecule has 2 rings (SSSR count). The van der Waals surface area contributed by atoms with Crippen LogP contribution in [0.1, 0.15) is 44.0 Å². The summed E-state index contributed by atoms with van der Waals surface area (Å²) < 4.78 is 5.99. The fourth-order valence-electron chi connectivity index (χ4n) is 2.53. The van der Waals surface area contributed by atoms with Crippen LogP contribution >= 0.6 is 11.3 Å². The van der Waals surface area contributed by atoms with Crippen LogP contribution in [0.25, 0.3) is 0 Å². The van der Waals surface area contributed by atoms with Crippen LogP contribution in [0.2, 0.25) is 0 Å². The number of ether oxygens (including phenoxy) is 1. The van der Waals surface area contributed by atoms with Crippen LogP contribution in [-0.4, -0.2) is 23.7 Å². The molecule has 1 saturated carbocycles. The van der Waals surface area contributed by atoms with Crippen LogP contribution in [0.15, 0.2) is 6.20 Å². The highest BCUT2D eigenvalue weighted by molar-refractivity contribution is 7.11. The van der Waals surface area contributed by atoms with Gasteiger partial charge in [-0.15, -0.1) is 11.3 Å². The Hall–Kier alpha value is -0.450. The van der Waals surface area contributed by atoms with Gasteiger partial charge >= 0.3 is 0 Å². The first-order chi connectivity index (χ1) is 8.89. The van der Waals surface area contributed by atoms with Gasteiger partial charge in [0.25, 0.3) is 0 Å². The summed E-state index contributed by atoms with van der Waals surface area (Å²) in [6, 6.07) is 0.548. The molecule has 4 heteroatoms. The molecule has 1 aromatic heterocycles. The van der Waals surface area contributed by atoms with Crippen molar-refractivity contribution < 1.29 is 4.74 Å². The molecular formula is C15H26N2OS. The smallest absolute Gasteiger partial charge is 0.0897 e. The van der Waals surface area contributed by atoms with E-state index in [0.29, 0.717) is 18.1 Å². The second-order valence-electron chi connectivity index (χ2n) is 6.55. The summed E-state index contributed by atoms with van der Waals surface area (Å²) in [4.78, 5) is 5.61. The molecule has 1 aliphatic carbocycles. The molecule has 1 heterocycles. The first-order valence-corrected chi connectivity index (χ1v) is 7.97. The fourth-order valence-corrected chi connectivity index (χ4v) is 3.28. The number of nitrogens with zero attached hydrogens (tertiary/aromatic N) is 1. The third-order valence-corrected chi connectivity index (χ3v) is 4.91. The zero-order valence-corrected chi connectivity index (χ0v) is 13.5. The monoisotopic (exact) mass is 282 g/mol. The number of thiazole rings is 1. The number of aromatic nitrogens is 1. The first-order valence-electron chi connectivity index (χ1n) is 7.16. The molecule has 3 nitrogen and oxygen atoms in total. The first kappa shape index (κ1) is 14.9. The van der Waals surface area contributed by atoms with Crippen molar-refractivity contribution in [2.45, 2.75) is 59.7 Å². The standard InChI is InChI=1S/C15H26N2OS/c1-10(2)9-18-14-6-13(15(14,4)5)17-8-12-7-16-11(3)19-12/h7,10,13-14,17H,6,8-9H2,1-5H3. The van der Waals surface area contributed by atoms with Crippen LogP contribution in [0, 0.1) is 18.3 Å². The van der Waals surface area contributed by atoms with E-state index in [1.165, 1.54) is 4.88 Å². The SMILES string of the molecule is Cc1ncc(CNC2CC(OCC(C)C)C2(C)C)s1. The van der Waals surface area contributed by atoms with Gasteiger partial charge in [0.15, 0.2) is 0 Å². The van der Waals surface area contributed by atoms with Crippen molar-refractivity contribution in [3.05, 3.63) is 16.1 Å². The minimum absolute atomic E-state index is 0.231. The van der Waals surface area contributed by atoms with Gasteiger partial charge < -0.3 is 10.1 Å². The molecule has 1 N–H and O–H groups in total. The highest BCUT2D eigenvalue weighted by Crippen LogP contribution is 2.43. The molecular weight excluding hydrogens is 256 g/mol. The van der Waals surface area contributed by atoms with E-state index in [0.717, 1.165) is 24.6 Å². The van der Waals surface area contributed by atoms with Crippen molar-refractivity contribution in [2.24, 2.45) is 11.3 Å². The zero-order valence-electron chi connectivity index (χ0n) is 12.7. The lowest BCUT2D eigenvalue weighted by molar-refractivity contribution is -0.124. The van der Waals surface area contributed by atoms with Gasteiger partial charge in [0.1, 0.15) is 0 Å². The Morgan fingerprint density at radius 1 is 1.53 bits per heavy atom. The predicted octanol–water partition coefficient (Wildman–Crippen LogP) is 3.38. The highest BCUT2D eigenvalue weighted by Gasteiger charge is 2.48. The summed E-state index contributed by atoms with van der Waals surface area (Å²) in [6.45, 7) is 12.9. The van der Waals surface area contributed by atoms with Crippen molar-refractivity contribution in [3.8, 4) is 0 Å². The van der Waals surface area contributed by atoms with Crippen LogP contribution in [-0.2, 0) is 11.3 Å². The average Bonchev–Trinajstić information content (AvgIpc) is 2.72. The van der Waals surface area contributed by atoms with Gasteiger partial charge in [0.05, 0.1) is 11.1 Å². The molecule has 0 amide bonds. The Morgan fingerprint density at radius 2 is 2.26 bits per heavy atom. The average molecular weight is 282 g/mol. The Morgan fingerprint density at radius 3 is 2.79 bits per heavy atom. The molecule has 0 aliphatic heterocycles. The lowest BCUT2D eigenvalue weighted by atomic mass is 9.64. The summed E-state index contributed by atoms with van der Waals surface area (Å²) in [7, 11) is 0. The largest absolute Gasteiger partial charge is 0.377 e. The Labute approximate surface area is 120 Å². The van der Waals surface area contributed by atoms with Crippen molar-refractivity contribution in [3.63, 3.8) is 0 Å². The van der Waals surface area contributed by atoms with Crippen molar-refractivity contribution in [1.82, 2.24) is 10.3 Å². The van der Waals surface area contributed by atoms with Crippen LogP contribution in [0.5, 0.6) is 0 Å². The van der Waals surface area contributed by atoms with E-state index in [-0.39, 0.29) is 5.41 Å². The summed E-state index contributed by atoms with van der Waals surface area (Å²) in [6.07, 6.45) is 3.50. The number of hydrogen-bond acceptors (Lipinski definition) is 4. The van der Waals surface area contributed by atoms with Gasteiger partial charge in [0, 0.05) is 35.7 Å². The van der Waals surface area contributed by atoms with Gasteiger partial charge in [-0.3, -0.25) is 0 Å². The molecule has 108 valence electrons. The molecule has 0 spiro atoms. The topological polar surface area (TPSA) is 34.2 Å². The number of nitrogens with one attached hydrogen (secondary N) is 1. The second-order valence-corrected chi connectivity index (χ2v) is 7.87. The van der Waals surface area contributed by atoms with Crippen LogP contribution in [0.3, 0.4) is 0 Å². The molecule has 0 bridgehead atoms. The third-order valence-electron chi connectivity index (χ3n) is 4.00. The molecule has 2 atom stereocenters. The van der Waals surface area contributed by atoms with Crippen molar-refractivity contribution in [2.75, 3.05) is 6.61 Å². The Balaban J connectivity index is 1.77. The third kappa shape index (κ3) is 3.56. The maximum absolute atomic E-state index is 5.99. The zero-order chi connectivity index (χ0) is 14.0. The number of aryl methyl sites for hydroxylation is 1. The van der Waals surface area contributed by atoms with E-state index in [9.17, 15) is 0 Å². The minimum Gasteiger partial charge on any atom is -0.377 e. The summed E-state index contributed by atoms with van der Waals surface area (Å²) in [5, 5.41) is 4.79. The summed E-state index contributed by atoms with van der Waals surface area (Å²) in [5.74, 6) is 0.614. The predicted molar refractivity (Wildman–Crippen MR) is 80.5 cm³/mol. The van der Waals surface area contributed by atoms with Gasteiger partial charge in [-0.25, -0.2) is 4.98 Å².